The molecule has 7 heteroatoms. The van der Waals surface area contributed by atoms with E-state index < -0.39 is 0 Å². The Morgan fingerprint density at radius 3 is 2.48 bits per heavy atom. The first-order chi connectivity index (χ1) is 15.0. The molecule has 0 unspecified atom stereocenters. The molecule has 162 valence electrons. The summed E-state index contributed by atoms with van der Waals surface area (Å²) in [5.41, 5.74) is 3.27. The first kappa shape index (κ1) is 20.9. The summed E-state index contributed by atoms with van der Waals surface area (Å²) in [6.07, 6.45) is 0.324. The van der Waals surface area contributed by atoms with Crippen LogP contribution in [-0.2, 0) is 16.1 Å². The number of carbonyl (C=O) groups is 2. The molecule has 2 aromatic rings. The normalized spacial score (nSPS) is 15.3. The summed E-state index contributed by atoms with van der Waals surface area (Å²) in [7, 11) is 5.65. The zero-order valence-corrected chi connectivity index (χ0v) is 18.2. The zero-order chi connectivity index (χ0) is 22.0. The van der Waals surface area contributed by atoms with Gasteiger partial charge in [0.1, 0.15) is 17.1 Å². The molecule has 0 spiro atoms. The Balaban J connectivity index is 1.64. The lowest BCUT2D eigenvalue weighted by atomic mass is 10.0. The fourth-order valence-electron chi connectivity index (χ4n) is 4.02. The van der Waals surface area contributed by atoms with Crippen LogP contribution in [0.1, 0.15) is 12.0 Å². The van der Waals surface area contributed by atoms with E-state index in [1.165, 1.54) is 0 Å². The highest BCUT2D eigenvalue weighted by atomic mass is 16.5. The van der Waals surface area contributed by atoms with Gasteiger partial charge in [0, 0.05) is 32.6 Å². The number of nitrogens with one attached hydrogen (secondary N) is 1. The SMILES string of the molecule is COc1ccc(CNC(=O)C2=C3N(CCC2=O)c2ccccc2N3CCN(C)C)cc1. The molecule has 0 atom stereocenters. The van der Waals surface area contributed by atoms with Crippen molar-refractivity contribution in [1.82, 2.24) is 10.2 Å². The van der Waals surface area contributed by atoms with Crippen molar-refractivity contribution in [3.8, 4) is 5.75 Å². The molecule has 2 heterocycles. The van der Waals surface area contributed by atoms with Crippen molar-refractivity contribution in [2.24, 2.45) is 0 Å². The van der Waals surface area contributed by atoms with E-state index in [0.717, 1.165) is 29.2 Å². The molecule has 0 aromatic heterocycles. The van der Waals surface area contributed by atoms with E-state index in [-0.39, 0.29) is 17.3 Å². The van der Waals surface area contributed by atoms with E-state index >= 15 is 0 Å². The fourth-order valence-corrected chi connectivity index (χ4v) is 4.02. The van der Waals surface area contributed by atoms with Crippen molar-refractivity contribution in [1.29, 1.82) is 0 Å². The predicted molar refractivity (Wildman–Crippen MR) is 121 cm³/mol. The maximum absolute atomic E-state index is 13.2. The molecule has 2 aliphatic heterocycles. The topological polar surface area (TPSA) is 65.1 Å². The van der Waals surface area contributed by atoms with Crippen LogP contribution in [0.15, 0.2) is 59.9 Å². The summed E-state index contributed by atoms with van der Waals surface area (Å²) in [5.74, 6) is 1.02. The van der Waals surface area contributed by atoms with Crippen LogP contribution in [-0.4, -0.2) is 57.4 Å². The maximum atomic E-state index is 13.2. The number of likely N-dealkylation sites (N-methyl/N-ethyl adjacent to an activating group) is 1. The number of nitrogens with zero attached hydrogens (tertiary/aromatic N) is 3. The number of hydrogen-bond donors (Lipinski definition) is 1. The minimum absolute atomic E-state index is 0.110. The van der Waals surface area contributed by atoms with Crippen LogP contribution < -0.4 is 19.9 Å². The van der Waals surface area contributed by atoms with Crippen LogP contribution in [0, 0.1) is 0 Å². The quantitative estimate of drug-likeness (QED) is 0.694. The Morgan fingerprint density at radius 1 is 1.10 bits per heavy atom. The average molecular weight is 421 g/mol. The monoisotopic (exact) mass is 420 g/mol. The number of anilines is 2. The van der Waals surface area contributed by atoms with Crippen LogP contribution in [0.4, 0.5) is 11.4 Å². The summed E-state index contributed by atoms with van der Waals surface area (Å²) in [6, 6.07) is 15.6. The molecular formula is C24H28N4O3. The summed E-state index contributed by atoms with van der Waals surface area (Å²) in [5, 5.41) is 2.94. The third-order valence-electron chi connectivity index (χ3n) is 5.65. The Hall–Kier alpha value is -3.32. The van der Waals surface area contributed by atoms with Crippen molar-refractivity contribution >= 4 is 23.1 Å². The molecule has 2 aromatic carbocycles. The predicted octanol–water partition coefficient (Wildman–Crippen LogP) is 2.38. The molecule has 0 radical (unpaired) electrons. The number of para-hydroxylation sites is 2. The number of fused-ring (bicyclic) bond motifs is 3. The molecular weight excluding hydrogens is 392 g/mol. The number of hydrogen-bond acceptors (Lipinski definition) is 6. The van der Waals surface area contributed by atoms with Gasteiger partial charge in [0.25, 0.3) is 5.91 Å². The molecule has 2 aliphatic rings. The second-order valence-corrected chi connectivity index (χ2v) is 8.00. The molecule has 1 amide bonds. The second-order valence-electron chi connectivity index (χ2n) is 8.00. The van der Waals surface area contributed by atoms with Gasteiger partial charge in [-0.15, -0.1) is 0 Å². The summed E-state index contributed by atoms with van der Waals surface area (Å²) in [6.45, 7) is 2.43. The number of methoxy groups -OCH3 is 1. The lowest BCUT2D eigenvalue weighted by Crippen LogP contribution is -2.43. The average Bonchev–Trinajstić information content (AvgIpc) is 3.09. The molecule has 4 rings (SSSR count). The maximum Gasteiger partial charge on any atom is 0.258 e. The lowest BCUT2D eigenvalue weighted by molar-refractivity contribution is -0.123. The molecule has 0 saturated heterocycles. The summed E-state index contributed by atoms with van der Waals surface area (Å²) >= 11 is 0. The van der Waals surface area contributed by atoms with Crippen molar-refractivity contribution in [3.05, 3.63) is 65.5 Å². The van der Waals surface area contributed by atoms with Gasteiger partial charge in [-0.2, -0.15) is 0 Å². The first-order valence-corrected chi connectivity index (χ1v) is 10.5. The van der Waals surface area contributed by atoms with Gasteiger partial charge in [0.15, 0.2) is 5.78 Å². The lowest BCUT2D eigenvalue weighted by Gasteiger charge is -2.31. The molecule has 0 bridgehead atoms. The molecule has 31 heavy (non-hydrogen) atoms. The van der Waals surface area contributed by atoms with Crippen molar-refractivity contribution in [3.63, 3.8) is 0 Å². The second kappa shape index (κ2) is 8.81. The van der Waals surface area contributed by atoms with Crippen LogP contribution >= 0.6 is 0 Å². The largest absolute Gasteiger partial charge is 0.497 e. The highest BCUT2D eigenvalue weighted by molar-refractivity contribution is 6.22. The summed E-state index contributed by atoms with van der Waals surface area (Å²) in [4.78, 5) is 32.4. The number of rotatable bonds is 7. The molecule has 0 saturated carbocycles. The van der Waals surface area contributed by atoms with Gasteiger partial charge >= 0.3 is 0 Å². The van der Waals surface area contributed by atoms with Crippen molar-refractivity contribution in [2.45, 2.75) is 13.0 Å². The standard InChI is InChI=1S/C24H28N4O3/c1-26(2)14-15-28-20-7-5-4-6-19(20)27-13-12-21(29)22(24(27)28)23(30)25-16-17-8-10-18(31-3)11-9-17/h4-11H,12-16H2,1-3H3,(H,25,30). The van der Waals surface area contributed by atoms with Gasteiger partial charge in [0.2, 0.25) is 0 Å². The van der Waals surface area contributed by atoms with Crippen molar-refractivity contribution < 1.29 is 14.3 Å². The highest BCUT2D eigenvalue weighted by Gasteiger charge is 2.40. The number of benzene rings is 2. The van der Waals surface area contributed by atoms with Gasteiger partial charge < -0.3 is 24.8 Å². The third kappa shape index (κ3) is 4.14. The number of ketones is 1. The fraction of sp³-hybridized carbons (Fsp3) is 0.333. The van der Waals surface area contributed by atoms with Gasteiger partial charge in [-0.1, -0.05) is 24.3 Å². The van der Waals surface area contributed by atoms with E-state index in [4.69, 9.17) is 4.74 Å². The third-order valence-corrected chi connectivity index (χ3v) is 5.65. The first-order valence-electron chi connectivity index (χ1n) is 10.5. The van der Waals surface area contributed by atoms with Crippen molar-refractivity contribution in [2.75, 3.05) is 50.6 Å². The number of amides is 1. The smallest absolute Gasteiger partial charge is 0.258 e. The van der Waals surface area contributed by atoms with Crippen LogP contribution in [0.3, 0.4) is 0 Å². The van der Waals surface area contributed by atoms with Crippen LogP contribution in [0.25, 0.3) is 0 Å². The number of ether oxygens (including phenoxy) is 1. The molecule has 1 N–H and O–H groups in total. The van der Waals surface area contributed by atoms with Gasteiger partial charge in [0.05, 0.1) is 18.5 Å². The van der Waals surface area contributed by atoms with Crippen LogP contribution in [0.2, 0.25) is 0 Å². The van der Waals surface area contributed by atoms with Gasteiger partial charge in [-0.25, -0.2) is 0 Å². The summed E-state index contributed by atoms with van der Waals surface area (Å²) < 4.78 is 5.18. The number of carbonyl (C=O) groups excluding carboxylic acids is 2. The minimum Gasteiger partial charge on any atom is -0.497 e. The Kier molecular flexibility index (Phi) is 5.95. The highest BCUT2D eigenvalue weighted by Crippen LogP contribution is 2.44. The van der Waals surface area contributed by atoms with Gasteiger partial charge in [-0.05, 0) is 43.9 Å². The molecule has 0 fully saturated rings. The van der Waals surface area contributed by atoms with Crippen LogP contribution in [0.5, 0.6) is 5.75 Å². The Labute approximate surface area is 182 Å². The van der Waals surface area contributed by atoms with E-state index in [0.29, 0.717) is 31.9 Å². The Morgan fingerprint density at radius 2 is 1.81 bits per heavy atom. The Bertz CT molecular complexity index is 1010. The number of Topliss-reactive ketones (excluding diaryl/α,β-unsaturated/α-hetero) is 1. The molecule has 0 aliphatic carbocycles. The van der Waals surface area contributed by atoms with E-state index in [1.807, 2.05) is 62.6 Å². The van der Waals surface area contributed by atoms with E-state index in [9.17, 15) is 9.59 Å². The minimum atomic E-state index is -0.330. The zero-order valence-electron chi connectivity index (χ0n) is 18.2. The van der Waals surface area contributed by atoms with E-state index in [1.54, 1.807) is 7.11 Å². The van der Waals surface area contributed by atoms with E-state index in [2.05, 4.69) is 20.0 Å². The molecule has 7 nitrogen and oxygen atoms in total. The van der Waals surface area contributed by atoms with Gasteiger partial charge in [-0.3, -0.25) is 9.59 Å².